The van der Waals surface area contributed by atoms with E-state index in [0.29, 0.717) is 0 Å². The number of benzene rings is 2. The van der Waals surface area contributed by atoms with Crippen molar-refractivity contribution >= 4 is 22.1 Å². The van der Waals surface area contributed by atoms with Gasteiger partial charge in [0.1, 0.15) is 11.6 Å². The number of aromatic nitrogens is 4. The van der Waals surface area contributed by atoms with E-state index in [-0.39, 0.29) is 0 Å². The number of hydrogen-bond donors (Lipinski definition) is 2. The molecule has 2 aromatic heterocycles. The van der Waals surface area contributed by atoms with E-state index in [9.17, 15) is 0 Å². The molecular weight excluding hydrogens is 344 g/mol. The van der Waals surface area contributed by atoms with Crippen LogP contribution in [0.3, 0.4) is 0 Å². The van der Waals surface area contributed by atoms with E-state index in [1.54, 1.807) is 0 Å². The topological polar surface area (TPSA) is 57.4 Å². The third-order valence-electron chi connectivity index (χ3n) is 5.74. The molecule has 2 N–H and O–H groups in total. The summed E-state index contributed by atoms with van der Waals surface area (Å²) in [5.74, 6) is 2.25. The lowest BCUT2D eigenvalue weighted by atomic mass is 10.1. The van der Waals surface area contributed by atoms with Crippen molar-refractivity contribution in [3.05, 3.63) is 59.2 Å². The molecule has 0 aliphatic rings. The molecule has 0 radical (unpaired) electrons. The molecular formula is C24H30N4. The second-order valence-electron chi connectivity index (χ2n) is 7.91. The van der Waals surface area contributed by atoms with Crippen LogP contribution in [0.5, 0.6) is 0 Å². The summed E-state index contributed by atoms with van der Waals surface area (Å²) in [6, 6.07) is 12.6. The molecule has 4 heteroatoms. The summed E-state index contributed by atoms with van der Waals surface area (Å²) in [4.78, 5) is 16.4. The van der Waals surface area contributed by atoms with Gasteiger partial charge in [-0.2, -0.15) is 0 Å². The Balaban J connectivity index is 1.13. The number of aryl methyl sites for hydroxylation is 4. The van der Waals surface area contributed by atoms with Crippen molar-refractivity contribution in [2.45, 2.75) is 65.2 Å². The Morgan fingerprint density at radius 3 is 2.07 bits per heavy atom. The zero-order chi connectivity index (χ0) is 19.3. The number of H-pyrrole nitrogens is 2. The van der Waals surface area contributed by atoms with E-state index in [0.717, 1.165) is 41.0 Å². The zero-order valence-corrected chi connectivity index (χ0v) is 17.0. The lowest BCUT2D eigenvalue weighted by Gasteiger charge is -2.01. The Labute approximate surface area is 166 Å². The van der Waals surface area contributed by atoms with Crippen molar-refractivity contribution in [1.82, 2.24) is 19.9 Å². The van der Waals surface area contributed by atoms with Gasteiger partial charge in [0, 0.05) is 12.8 Å². The number of fused-ring (bicyclic) bond motifs is 2. The van der Waals surface area contributed by atoms with E-state index < -0.39 is 0 Å². The number of rotatable bonds is 9. The minimum Gasteiger partial charge on any atom is -0.342 e. The van der Waals surface area contributed by atoms with Gasteiger partial charge in [0.15, 0.2) is 0 Å². The minimum absolute atomic E-state index is 1.05. The summed E-state index contributed by atoms with van der Waals surface area (Å²) in [6.45, 7) is 4.31. The van der Waals surface area contributed by atoms with Crippen molar-refractivity contribution in [2.24, 2.45) is 0 Å². The van der Waals surface area contributed by atoms with Gasteiger partial charge in [0.2, 0.25) is 0 Å². The number of aromatic amines is 2. The molecule has 2 heterocycles. The average Bonchev–Trinajstić information content (AvgIpc) is 3.30. The predicted molar refractivity (Wildman–Crippen MR) is 117 cm³/mol. The van der Waals surface area contributed by atoms with Crippen molar-refractivity contribution in [3.8, 4) is 0 Å². The van der Waals surface area contributed by atoms with Crippen LogP contribution in [0.2, 0.25) is 0 Å². The first-order valence-electron chi connectivity index (χ1n) is 10.6. The number of nitrogens with one attached hydrogen (secondary N) is 2. The lowest BCUT2D eigenvalue weighted by molar-refractivity contribution is 0.586. The molecule has 0 atom stereocenters. The first kappa shape index (κ1) is 18.7. The van der Waals surface area contributed by atoms with Crippen molar-refractivity contribution < 1.29 is 0 Å². The summed E-state index contributed by atoms with van der Waals surface area (Å²) in [7, 11) is 0. The Kier molecular flexibility index (Phi) is 5.75. The SMILES string of the molecule is Cc1ccc2[nH]c(CCCCCCCCc3nc4ccccc4[nH]3)nc2c1C. The summed E-state index contributed by atoms with van der Waals surface area (Å²) in [5.41, 5.74) is 7.14. The largest absolute Gasteiger partial charge is 0.342 e. The number of hydrogen-bond acceptors (Lipinski definition) is 2. The lowest BCUT2D eigenvalue weighted by Crippen LogP contribution is -1.90. The zero-order valence-electron chi connectivity index (χ0n) is 17.0. The summed E-state index contributed by atoms with van der Waals surface area (Å²) in [5, 5.41) is 0. The minimum atomic E-state index is 1.05. The molecule has 0 spiro atoms. The van der Waals surface area contributed by atoms with Gasteiger partial charge < -0.3 is 9.97 Å². The normalized spacial score (nSPS) is 11.6. The van der Waals surface area contributed by atoms with Crippen LogP contribution in [0, 0.1) is 13.8 Å². The maximum Gasteiger partial charge on any atom is 0.107 e. The van der Waals surface area contributed by atoms with Gasteiger partial charge in [-0.1, -0.05) is 43.9 Å². The van der Waals surface area contributed by atoms with Gasteiger partial charge in [-0.05, 0) is 56.0 Å². The van der Waals surface area contributed by atoms with Gasteiger partial charge in [-0.25, -0.2) is 9.97 Å². The molecule has 4 rings (SSSR count). The van der Waals surface area contributed by atoms with Gasteiger partial charge >= 0.3 is 0 Å². The smallest absolute Gasteiger partial charge is 0.107 e. The predicted octanol–water partition coefficient (Wildman–Crippen LogP) is 6.18. The van der Waals surface area contributed by atoms with Crippen LogP contribution < -0.4 is 0 Å². The quantitative estimate of drug-likeness (QED) is 0.344. The van der Waals surface area contributed by atoms with Gasteiger partial charge in [-0.3, -0.25) is 0 Å². The third-order valence-corrected chi connectivity index (χ3v) is 5.74. The molecule has 4 nitrogen and oxygen atoms in total. The summed E-state index contributed by atoms with van der Waals surface area (Å²) < 4.78 is 0. The van der Waals surface area contributed by atoms with Crippen LogP contribution in [0.15, 0.2) is 36.4 Å². The van der Waals surface area contributed by atoms with E-state index >= 15 is 0 Å². The molecule has 0 saturated carbocycles. The molecule has 0 fully saturated rings. The Hall–Kier alpha value is -2.62. The highest BCUT2D eigenvalue weighted by Gasteiger charge is 2.07. The number of unbranched alkanes of at least 4 members (excludes halogenated alkanes) is 5. The first-order valence-corrected chi connectivity index (χ1v) is 10.6. The molecule has 0 amide bonds. The second kappa shape index (κ2) is 8.59. The van der Waals surface area contributed by atoms with Crippen LogP contribution in [0.4, 0.5) is 0 Å². The average molecular weight is 375 g/mol. The third kappa shape index (κ3) is 4.27. The van der Waals surface area contributed by atoms with E-state index in [1.807, 2.05) is 6.07 Å². The molecule has 146 valence electrons. The molecule has 0 aliphatic carbocycles. The summed E-state index contributed by atoms with van der Waals surface area (Å²) >= 11 is 0. The highest BCUT2D eigenvalue weighted by molar-refractivity contribution is 5.79. The highest BCUT2D eigenvalue weighted by atomic mass is 14.9. The maximum atomic E-state index is 4.81. The fourth-order valence-corrected chi connectivity index (χ4v) is 3.90. The van der Waals surface area contributed by atoms with Crippen molar-refractivity contribution in [3.63, 3.8) is 0 Å². The molecule has 0 saturated heterocycles. The van der Waals surface area contributed by atoms with Crippen LogP contribution >= 0.6 is 0 Å². The molecule has 2 aromatic carbocycles. The number of nitrogens with zero attached hydrogens (tertiary/aromatic N) is 2. The van der Waals surface area contributed by atoms with Crippen molar-refractivity contribution in [2.75, 3.05) is 0 Å². The van der Waals surface area contributed by atoms with Crippen LogP contribution in [-0.2, 0) is 12.8 Å². The molecule has 0 aliphatic heterocycles. The first-order chi connectivity index (χ1) is 13.7. The fourth-order valence-electron chi connectivity index (χ4n) is 3.90. The maximum absolute atomic E-state index is 4.81. The Morgan fingerprint density at radius 2 is 1.32 bits per heavy atom. The second-order valence-corrected chi connectivity index (χ2v) is 7.91. The van der Waals surface area contributed by atoms with Gasteiger partial charge in [0.05, 0.1) is 22.1 Å². The molecule has 4 aromatic rings. The van der Waals surface area contributed by atoms with Gasteiger partial charge in [-0.15, -0.1) is 0 Å². The van der Waals surface area contributed by atoms with E-state index in [1.165, 1.54) is 55.2 Å². The van der Waals surface area contributed by atoms with Crippen LogP contribution in [-0.4, -0.2) is 19.9 Å². The van der Waals surface area contributed by atoms with E-state index in [2.05, 4.69) is 59.1 Å². The number of imidazole rings is 2. The molecule has 28 heavy (non-hydrogen) atoms. The molecule has 0 bridgehead atoms. The number of para-hydroxylation sites is 2. The van der Waals surface area contributed by atoms with Crippen LogP contribution in [0.1, 0.15) is 61.3 Å². The standard InChI is InChI=1S/C24H30N4/c1-17-15-16-21-24(18(17)2)28-23(27-21)14-8-6-4-3-5-7-13-22-25-19-11-9-10-12-20(19)26-22/h9-12,15-16H,3-8,13-14H2,1-2H3,(H,25,26)(H,27,28). The highest BCUT2D eigenvalue weighted by Crippen LogP contribution is 2.20. The van der Waals surface area contributed by atoms with Gasteiger partial charge in [0.25, 0.3) is 0 Å². The Bertz CT molecular complexity index is 1020. The fraction of sp³-hybridized carbons (Fsp3) is 0.417. The van der Waals surface area contributed by atoms with E-state index in [4.69, 9.17) is 4.98 Å². The molecule has 0 unspecified atom stereocenters. The monoisotopic (exact) mass is 374 g/mol. The summed E-state index contributed by atoms with van der Waals surface area (Å²) in [6.07, 6.45) is 9.68. The Morgan fingerprint density at radius 1 is 0.679 bits per heavy atom. The van der Waals surface area contributed by atoms with Crippen molar-refractivity contribution in [1.29, 1.82) is 0 Å². The van der Waals surface area contributed by atoms with Crippen LogP contribution in [0.25, 0.3) is 22.1 Å².